The smallest absolute Gasteiger partial charge is 0.234 e. The molecule has 2 rings (SSSR count). The molecule has 0 saturated heterocycles. The van der Waals surface area contributed by atoms with Gasteiger partial charge in [-0.25, -0.2) is 0 Å². The molecule has 0 spiro atoms. The minimum absolute atomic E-state index is 0.123. The second kappa shape index (κ2) is 8.00. The fourth-order valence-corrected chi connectivity index (χ4v) is 2.07. The molecule has 1 aliphatic carbocycles. The fraction of sp³-hybridized carbons (Fsp3) is 0.562. The van der Waals surface area contributed by atoms with Gasteiger partial charge in [0.25, 0.3) is 0 Å². The molecule has 1 fully saturated rings. The summed E-state index contributed by atoms with van der Waals surface area (Å²) in [7, 11) is 1.96. The summed E-state index contributed by atoms with van der Waals surface area (Å²) in [6.45, 7) is 2.51. The van der Waals surface area contributed by atoms with Crippen LogP contribution in [0.1, 0.15) is 24.8 Å². The number of rotatable bonds is 9. The van der Waals surface area contributed by atoms with Crippen molar-refractivity contribution in [3.05, 3.63) is 29.8 Å². The Morgan fingerprint density at radius 1 is 1.38 bits per heavy atom. The Kier molecular flexibility index (Phi) is 6.02. The Labute approximate surface area is 126 Å². The normalized spacial score (nSPS) is 14.2. The highest BCUT2D eigenvalue weighted by atomic mass is 16.5. The van der Waals surface area contributed by atoms with Crippen molar-refractivity contribution in [1.29, 1.82) is 0 Å². The molecule has 21 heavy (non-hydrogen) atoms. The number of benzene rings is 1. The monoisotopic (exact) mass is 291 g/mol. The average molecular weight is 291 g/mol. The minimum Gasteiger partial charge on any atom is -0.494 e. The molecule has 0 aliphatic heterocycles. The molecule has 0 unspecified atom stereocenters. The van der Waals surface area contributed by atoms with Gasteiger partial charge in [0.2, 0.25) is 5.91 Å². The van der Waals surface area contributed by atoms with Crippen LogP contribution in [-0.4, -0.2) is 43.6 Å². The van der Waals surface area contributed by atoms with E-state index in [0.717, 1.165) is 37.1 Å². The number of hydrogen-bond donors (Lipinski definition) is 2. The van der Waals surface area contributed by atoms with Gasteiger partial charge >= 0.3 is 0 Å². The first-order chi connectivity index (χ1) is 10.2. The van der Waals surface area contributed by atoms with E-state index in [1.54, 1.807) is 0 Å². The van der Waals surface area contributed by atoms with E-state index < -0.39 is 0 Å². The van der Waals surface area contributed by atoms with E-state index in [4.69, 9.17) is 10.5 Å². The predicted molar refractivity (Wildman–Crippen MR) is 83.1 cm³/mol. The topological polar surface area (TPSA) is 67.6 Å². The highest BCUT2D eigenvalue weighted by molar-refractivity contribution is 5.78. The van der Waals surface area contributed by atoms with Crippen LogP contribution in [0.25, 0.3) is 0 Å². The molecule has 116 valence electrons. The lowest BCUT2D eigenvalue weighted by molar-refractivity contribution is -0.122. The average Bonchev–Trinajstić information content (AvgIpc) is 3.28. The third kappa shape index (κ3) is 6.14. The highest BCUT2D eigenvalue weighted by Gasteiger charge is 2.23. The van der Waals surface area contributed by atoms with Crippen LogP contribution >= 0.6 is 0 Å². The summed E-state index contributed by atoms with van der Waals surface area (Å²) in [6.07, 6.45) is 3.16. The number of carbonyl (C=O) groups excluding carboxylic acids is 1. The summed E-state index contributed by atoms with van der Waals surface area (Å²) in [5.41, 5.74) is 6.65. The highest BCUT2D eigenvalue weighted by Crippen LogP contribution is 2.18. The molecule has 0 aromatic heterocycles. The van der Waals surface area contributed by atoms with Crippen LogP contribution in [0, 0.1) is 0 Å². The Morgan fingerprint density at radius 2 is 2.10 bits per heavy atom. The van der Waals surface area contributed by atoms with Gasteiger partial charge < -0.3 is 15.8 Å². The van der Waals surface area contributed by atoms with Crippen LogP contribution in [0.3, 0.4) is 0 Å². The zero-order valence-corrected chi connectivity index (χ0v) is 12.7. The summed E-state index contributed by atoms with van der Waals surface area (Å²) in [5.74, 6) is 0.986. The van der Waals surface area contributed by atoms with Crippen LogP contribution < -0.4 is 15.8 Å². The van der Waals surface area contributed by atoms with E-state index in [1.165, 1.54) is 0 Å². The molecular weight excluding hydrogens is 266 g/mol. The Bertz CT molecular complexity index is 443. The van der Waals surface area contributed by atoms with Crippen molar-refractivity contribution in [3.63, 3.8) is 0 Å². The lowest BCUT2D eigenvalue weighted by Crippen LogP contribution is -2.36. The van der Waals surface area contributed by atoms with E-state index in [9.17, 15) is 4.79 Å². The number of amides is 1. The van der Waals surface area contributed by atoms with E-state index in [0.29, 0.717) is 25.7 Å². The quantitative estimate of drug-likeness (QED) is 0.669. The Morgan fingerprint density at radius 3 is 2.71 bits per heavy atom. The molecule has 5 heteroatoms. The maximum absolute atomic E-state index is 11.6. The van der Waals surface area contributed by atoms with Crippen molar-refractivity contribution in [2.45, 2.75) is 31.8 Å². The minimum atomic E-state index is 0.123. The van der Waals surface area contributed by atoms with Crippen LogP contribution in [-0.2, 0) is 11.3 Å². The van der Waals surface area contributed by atoms with E-state index in [1.807, 2.05) is 36.2 Å². The molecule has 5 nitrogen and oxygen atoms in total. The van der Waals surface area contributed by atoms with Gasteiger partial charge in [0.15, 0.2) is 0 Å². The number of ether oxygens (including phenoxy) is 1. The van der Waals surface area contributed by atoms with Crippen molar-refractivity contribution >= 4 is 5.91 Å². The molecule has 1 saturated carbocycles. The molecule has 3 N–H and O–H groups in total. The molecular formula is C16H25N3O2. The zero-order valence-electron chi connectivity index (χ0n) is 12.7. The van der Waals surface area contributed by atoms with Crippen molar-refractivity contribution in [3.8, 4) is 5.75 Å². The summed E-state index contributed by atoms with van der Waals surface area (Å²) in [5, 5.41) is 2.99. The number of nitrogens with one attached hydrogen (secondary N) is 1. The molecule has 0 atom stereocenters. The number of carbonyl (C=O) groups is 1. The predicted octanol–water partition coefficient (Wildman–Crippen LogP) is 1.12. The van der Waals surface area contributed by atoms with Crippen LogP contribution in [0.4, 0.5) is 0 Å². The van der Waals surface area contributed by atoms with Gasteiger partial charge in [-0.05, 0) is 44.0 Å². The number of hydrogen-bond acceptors (Lipinski definition) is 4. The van der Waals surface area contributed by atoms with Crippen molar-refractivity contribution in [2.24, 2.45) is 5.73 Å². The lowest BCUT2D eigenvalue weighted by Gasteiger charge is -2.16. The molecule has 0 radical (unpaired) electrons. The van der Waals surface area contributed by atoms with Crippen LogP contribution in [0.2, 0.25) is 0 Å². The van der Waals surface area contributed by atoms with Gasteiger partial charge in [0, 0.05) is 19.1 Å². The first kappa shape index (κ1) is 15.8. The van der Waals surface area contributed by atoms with Gasteiger partial charge in [-0.3, -0.25) is 9.69 Å². The molecule has 1 amide bonds. The Hall–Kier alpha value is -1.59. The third-order valence-electron chi connectivity index (χ3n) is 3.47. The van der Waals surface area contributed by atoms with Crippen molar-refractivity contribution in [1.82, 2.24) is 10.2 Å². The first-order valence-electron chi connectivity index (χ1n) is 7.57. The second-order valence-corrected chi connectivity index (χ2v) is 5.63. The maximum atomic E-state index is 11.6. The summed E-state index contributed by atoms with van der Waals surface area (Å²) < 4.78 is 5.67. The van der Waals surface area contributed by atoms with Crippen LogP contribution in [0.15, 0.2) is 24.3 Å². The Balaban J connectivity index is 1.56. The van der Waals surface area contributed by atoms with Gasteiger partial charge in [-0.1, -0.05) is 12.1 Å². The fourth-order valence-electron chi connectivity index (χ4n) is 2.07. The van der Waals surface area contributed by atoms with Crippen molar-refractivity contribution < 1.29 is 9.53 Å². The maximum Gasteiger partial charge on any atom is 0.234 e. The molecule has 0 bridgehead atoms. The summed E-state index contributed by atoms with van der Waals surface area (Å²) in [4.78, 5) is 13.7. The SMILES string of the molecule is CN(CCCOc1ccc(CN)cc1)CC(=O)NC1CC1. The molecule has 1 aromatic rings. The summed E-state index contributed by atoms with van der Waals surface area (Å²) >= 11 is 0. The second-order valence-electron chi connectivity index (χ2n) is 5.63. The largest absolute Gasteiger partial charge is 0.494 e. The van der Waals surface area contributed by atoms with E-state index >= 15 is 0 Å². The van der Waals surface area contributed by atoms with E-state index in [-0.39, 0.29) is 5.91 Å². The van der Waals surface area contributed by atoms with Crippen LogP contribution in [0.5, 0.6) is 5.75 Å². The van der Waals surface area contributed by atoms with Gasteiger partial charge in [0.1, 0.15) is 5.75 Å². The van der Waals surface area contributed by atoms with Gasteiger partial charge in [0.05, 0.1) is 13.2 Å². The lowest BCUT2D eigenvalue weighted by atomic mass is 10.2. The number of nitrogens with zero attached hydrogens (tertiary/aromatic N) is 1. The standard InChI is InChI=1S/C16H25N3O2/c1-19(12-16(20)18-14-5-6-14)9-2-10-21-15-7-3-13(11-17)4-8-15/h3-4,7-8,14H,2,5-6,9-12,17H2,1H3,(H,18,20). The van der Waals surface area contributed by atoms with E-state index in [2.05, 4.69) is 5.32 Å². The van der Waals surface area contributed by atoms with Gasteiger partial charge in [-0.2, -0.15) is 0 Å². The molecule has 1 aromatic carbocycles. The van der Waals surface area contributed by atoms with Gasteiger partial charge in [-0.15, -0.1) is 0 Å². The first-order valence-corrected chi connectivity index (χ1v) is 7.57. The number of likely N-dealkylation sites (N-methyl/N-ethyl adjacent to an activating group) is 1. The van der Waals surface area contributed by atoms with Crippen molar-refractivity contribution in [2.75, 3.05) is 26.7 Å². The third-order valence-corrected chi connectivity index (χ3v) is 3.47. The summed E-state index contributed by atoms with van der Waals surface area (Å²) in [6, 6.07) is 8.27. The number of nitrogens with two attached hydrogens (primary N) is 1. The molecule has 0 heterocycles. The zero-order chi connectivity index (χ0) is 15.1. The molecule has 1 aliphatic rings.